The van der Waals surface area contributed by atoms with Crippen LogP contribution in [-0.2, 0) is 13.1 Å². The molecule has 96 valence electrons. The molecule has 0 spiro atoms. The lowest BCUT2D eigenvalue weighted by Crippen LogP contribution is -2.13. The molecule has 1 aromatic carbocycles. The van der Waals surface area contributed by atoms with Crippen LogP contribution in [0.15, 0.2) is 24.3 Å². The molecule has 0 saturated carbocycles. The molecule has 2 N–H and O–H groups in total. The topological polar surface area (TPSA) is 62.3 Å². The second-order valence-electron chi connectivity index (χ2n) is 4.42. The molecule has 2 aromatic rings. The Morgan fingerprint density at radius 3 is 2.47 bits per heavy atom. The molecule has 3 rings (SSSR count). The van der Waals surface area contributed by atoms with Crippen LogP contribution in [0.4, 0.5) is 10.7 Å². The maximum Gasteiger partial charge on any atom is 0.177 e. The average molecular weight is 271 g/mol. The van der Waals surface area contributed by atoms with Gasteiger partial charge in [-0.3, -0.25) is 0 Å². The normalized spacial score (nSPS) is 13.2. The number of methoxy groups -OCH3 is 1. The Labute approximate surface area is 115 Å². The molecule has 19 heavy (non-hydrogen) atoms. The summed E-state index contributed by atoms with van der Waals surface area (Å²) in [6.45, 7) is 1.66. The lowest BCUT2D eigenvalue weighted by Gasteiger charge is -2.16. The fraction of sp³-hybridized carbons (Fsp3) is 0.214. The predicted molar refractivity (Wildman–Crippen MR) is 76.3 cm³/mol. The van der Waals surface area contributed by atoms with Crippen molar-refractivity contribution in [2.75, 3.05) is 17.7 Å². The molecule has 0 atom stereocenters. The number of rotatable bonds is 2. The summed E-state index contributed by atoms with van der Waals surface area (Å²) in [5.74, 6) is 0.620. The molecular formula is C14H13N3OS. The van der Waals surface area contributed by atoms with E-state index in [4.69, 9.17) is 15.7 Å². The number of ether oxygens (including phenoxy) is 1. The van der Waals surface area contributed by atoms with Crippen LogP contribution in [-0.4, -0.2) is 7.11 Å². The third kappa shape index (κ3) is 1.81. The summed E-state index contributed by atoms with van der Waals surface area (Å²) in [5.41, 5.74) is 9.01. The second kappa shape index (κ2) is 4.48. The molecule has 1 aliphatic heterocycles. The smallest absolute Gasteiger partial charge is 0.177 e. The highest BCUT2D eigenvalue weighted by molar-refractivity contribution is 7.17. The average Bonchev–Trinajstić information content (AvgIpc) is 2.98. The van der Waals surface area contributed by atoms with Crippen molar-refractivity contribution < 1.29 is 4.74 Å². The molecule has 1 aliphatic rings. The Bertz CT molecular complexity index is 647. The van der Waals surface area contributed by atoms with Gasteiger partial charge >= 0.3 is 0 Å². The number of thiophene rings is 1. The van der Waals surface area contributed by atoms with E-state index in [2.05, 4.69) is 23.1 Å². The van der Waals surface area contributed by atoms with Crippen LogP contribution < -0.4 is 15.4 Å². The maximum absolute atomic E-state index is 9.07. The zero-order valence-corrected chi connectivity index (χ0v) is 11.3. The molecule has 1 aromatic heterocycles. The zero-order chi connectivity index (χ0) is 13.4. The van der Waals surface area contributed by atoms with E-state index in [9.17, 15) is 0 Å². The van der Waals surface area contributed by atoms with Gasteiger partial charge in [0.05, 0.1) is 7.11 Å². The number of anilines is 2. The van der Waals surface area contributed by atoms with Crippen molar-refractivity contribution in [1.82, 2.24) is 0 Å². The van der Waals surface area contributed by atoms with E-state index in [1.165, 1.54) is 22.5 Å². The van der Waals surface area contributed by atoms with E-state index in [0.717, 1.165) is 18.1 Å². The molecule has 0 saturated heterocycles. The molecule has 0 bridgehead atoms. The minimum Gasteiger partial charge on any atom is -0.492 e. The van der Waals surface area contributed by atoms with Crippen LogP contribution in [0.5, 0.6) is 5.75 Å². The maximum atomic E-state index is 9.07. The van der Waals surface area contributed by atoms with E-state index in [0.29, 0.717) is 16.3 Å². The third-order valence-corrected chi connectivity index (χ3v) is 4.47. The Balaban J connectivity index is 2.00. The van der Waals surface area contributed by atoms with Crippen molar-refractivity contribution in [3.8, 4) is 11.8 Å². The molecule has 0 unspecified atom stereocenters. The molecule has 0 amide bonds. The summed E-state index contributed by atoms with van der Waals surface area (Å²) in [4.78, 5) is 2.72. The van der Waals surface area contributed by atoms with Crippen molar-refractivity contribution >= 4 is 22.0 Å². The van der Waals surface area contributed by atoms with Crippen LogP contribution in [0.25, 0.3) is 0 Å². The Morgan fingerprint density at radius 1 is 1.32 bits per heavy atom. The minimum atomic E-state index is 0.445. The molecule has 2 heterocycles. The first-order valence-electron chi connectivity index (χ1n) is 5.92. The van der Waals surface area contributed by atoms with Gasteiger partial charge in [0.15, 0.2) is 5.75 Å². The SMILES string of the molecule is COc1c(N2Cc3ccccc3C2)sc(C#N)c1N. The summed E-state index contributed by atoms with van der Waals surface area (Å²) in [6, 6.07) is 10.5. The lowest BCUT2D eigenvalue weighted by atomic mass is 10.1. The van der Waals surface area contributed by atoms with E-state index in [1.54, 1.807) is 7.11 Å². The third-order valence-electron chi connectivity index (χ3n) is 3.32. The summed E-state index contributed by atoms with van der Waals surface area (Å²) < 4.78 is 5.36. The molecule has 4 nitrogen and oxygen atoms in total. The van der Waals surface area contributed by atoms with Gasteiger partial charge in [0.25, 0.3) is 0 Å². The first-order chi connectivity index (χ1) is 9.24. The largest absolute Gasteiger partial charge is 0.492 e. The van der Waals surface area contributed by atoms with Crippen molar-refractivity contribution in [3.63, 3.8) is 0 Å². The van der Waals surface area contributed by atoms with Crippen LogP contribution in [0.1, 0.15) is 16.0 Å². The lowest BCUT2D eigenvalue weighted by molar-refractivity contribution is 0.418. The standard InChI is InChI=1S/C14H13N3OS/c1-18-13-12(16)11(6-15)19-14(13)17-7-9-4-2-3-5-10(9)8-17/h2-5H,7-8,16H2,1H3. The van der Waals surface area contributed by atoms with Gasteiger partial charge in [-0.1, -0.05) is 24.3 Å². The summed E-state index contributed by atoms with van der Waals surface area (Å²) in [7, 11) is 1.59. The highest BCUT2D eigenvalue weighted by Gasteiger charge is 2.26. The van der Waals surface area contributed by atoms with E-state index in [-0.39, 0.29) is 0 Å². The first kappa shape index (κ1) is 11.9. The van der Waals surface area contributed by atoms with Crippen molar-refractivity contribution in [2.45, 2.75) is 13.1 Å². The van der Waals surface area contributed by atoms with Gasteiger partial charge in [-0.05, 0) is 11.1 Å². The number of nitrogens with two attached hydrogens (primary N) is 1. The van der Waals surface area contributed by atoms with E-state index >= 15 is 0 Å². The number of hydrogen-bond donors (Lipinski definition) is 1. The van der Waals surface area contributed by atoms with Crippen LogP contribution in [0, 0.1) is 11.3 Å². The minimum absolute atomic E-state index is 0.445. The number of benzene rings is 1. The second-order valence-corrected chi connectivity index (χ2v) is 5.42. The summed E-state index contributed by atoms with van der Waals surface area (Å²) >= 11 is 1.39. The van der Waals surface area contributed by atoms with Gasteiger partial charge in [-0.2, -0.15) is 5.26 Å². The van der Waals surface area contributed by atoms with Gasteiger partial charge in [-0.25, -0.2) is 0 Å². The molecule has 0 fully saturated rings. The van der Waals surface area contributed by atoms with Crippen molar-refractivity contribution in [2.24, 2.45) is 0 Å². The Hall–Kier alpha value is -2.19. The highest BCUT2D eigenvalue weighted by atomic mass is 32.1. The molecule has 0 radical (unpaired) electrons. The molecular weight excluding hydrogens is 258 g/mol. The van der Waals surface area contributed by atoms with Crippen molar-refractivity contribution in [3.05, 3.63) is 40.3 Å². The van der Waals surface area contributed by atoms with Gasteiger partial charge in [-0.15, -0.1) is 11.3 Å². The number of nitriles is 1. The fourth-order valence-corrected chi connectivity index (χ4v) is 3.37. The van der Waals surface area contributed by atoms with Gasteiger partial charge in [0.1, 0.15) is 21.6 Å². The molecule has 0 aliphatic carbocycles. The summed E-state index contributed by atoms with van der Waals surface area (Å²) in [5, 5.41) is 10.0. The number of nitrogens with zero attached hydrogens (tertiary/aromatic N) is 2. The van der Waals surface area contributed by atoms with Crippen LogP contribution in [0.3, 0.4) is 0 Å². The first-order valence-corrected chi connectivity index (χ1v) is 6.74. The fourth-order valence-electron chi connectivity index (χ4n) is 2.38. The number of nitrogen functional groups attached to an aromatic ring is 1. The van der Waals surface area contributed by atoms with Gasteiger partial charge in [0, 0.05) is 13.1 Å². The van der Waals surface area contributed by atoms with Crippen LogP contribution in [0.2, 0.25) is 0 Å². The Morgan fingerprint density at radius 2 is 1.95 bits per heavy atom. The van der Waals surface area contributed by atoms with E-state index in [1.807, 2.05) is 12.1 Å². The molecule has 5 heteroatoms. The zero-order valence-electron chi connectivity index (χ0n) is 10.5. The highest BCUT2D eigenvalue weighted by Crippen LogP contribution is 2.46. The monoisotopic (exact) mass is 271 g/mol. The van der Waals surface area contributed by atoms with Crippen LogP contribution >= 0.6 is 11.3 Å². The van der Waals surface area contributed by atoms with E-state index < -0.39 is 0 Å². The Kier molecular flexibility index (Phi) is 2.80. The van der Waals surface area contributed by atoms with Crippen molar-refractivity contribution in [1.29, 1.82) is 5.26 Å². The number of fused-ring (bicyclic) bond motifs is 1. The van der Waals surface area contributed by atoms with Gasteiger partial charge in [0.2, 0.25) is 0 Å². The van der Waals surface area contributed by atoms with Gasteiger partial charge < -0.3 is 15.4 Å². The predicted octanol–water partition coefficient (Wildman–Crippen LogP) is 2.73. The quantitative estimate of drug-likeness (QED) is 0.912. The number of hydrogen-bond acceptors (Lipinski definition) is 5. The summed E-state index contributed by atoms with van der Waals surface area (Å²) in [6.07, 6.45) is 0.